The fraction of sp³-hybridized carbons (Fsp3) is 0.522. The first-order chi connectivity index (χ1) is 15.3. The molecule has 1 aliphatic rings. The van der Waals surface area contributed by atoms with Crippen LogP contribution in [0.15, 0.2) is 28.9 Å². The highest BCUT2D eigenvalue weighted by molar-refractivity contribution is 7.19. The van der Waals surface area contributed by atoms with E-state index >= 15 is 0 Å². The third-order valence-corrected chi connectivity index (χ3v) is 7.17. The largest absolute Gasteiger partial charge is 0.355 e. The summed E-state index contributed by atoms with van der Waals surface area (Å²) in [5, 5.41) is 7.44. The SMILES string of the molecule is CC(C)c1ncc(C(=O)NC2CCN(C(C)C)CC2)n1Cc1cc(-c2ccc(Cl)s2)on1. The molecule has 0 spiro atoms. The molecule has 0 bridgehead atoms. The lowest BCUT2D eigenvalue weighted by atomic mass is 10.0. The second-order valence-corrected chi connectivity index (χ2v) is 10.6. The molecular weight excluding hydrogens is 446 g/mol. The molecule has 1 aliphatic heterocycles. The van der Waals surface area contributed by atoms with Gasteiger partial charge in [-0.3, -0.25) is 4.79 Å². The maximum Gasteiger partial charge on any atom is 0.269 e. The van der Waals surface area contributed by atoms with Gasteiger partial charge in [-0.25, -0.2) is 4.98 Å². The van der Waals surface area contributed by atoms with Crippen LogP contribution in [0.25, 0.3) is 10.6 Å². The van der Waals surface area contributed by atoms with E-state index in [2.05, 4.69) is 48.1 Å². The number of aromatic nitrogens is 3. The van der Waals surface area contributed by atoms with Crippen molar-refractivity contribution in [1.82, 2.24) is 24.9 Å². The van der Waals surface area contributed by atoms with Gasteiger partial charge in [0.15, 0.2) is 5.76 Å². The molecule has 0 radical (unpaired) electrons. The Hall–Kier alpha value is -2.16. The van der Waals surface area contributed by atoms with E-state index in [4.69, 9.17) is 16.1 Å². The first kappa shape index (κ1) is 23.0. The zero-order valence-corrected chi connectivity index (χ0v) is 20.5. The average Bonchev–Trinajstić information content (AvgIpc) is 3.48. The van der Waals surface area contributed by atoms with Crippen molar-refractivity contribution >= 4 is 28.8 Å². The summed E-state index contributed by atoms with van der Waals surface area (Å²) in [6, 6.07) is 6.38. The Morgan fingerprint density at radius 3 is 2.66 bits per heavy atom. The maximum atomic E-state index is 13.2. The number of thiophene rings is 1. The van der Waals surface area contributed by atoms with Crippen LogP contribution in [-0.2, 0) is 6.54 Å². The fourth-order valence-corrected chi connectivity index (χ4v) is 5.12. The van der Waals surface area contributed by atoms with Gasteiger partial charge >= 0.3 is 0 Å². The molecule has 9 heteroatoms. The zero-order valence-electron chi connectivity index (χ0n) is 19.0. The molecule has 0 atom stereocenters. The molecule has 0 unspecified atom stereocenters. The summed E-state index contributed by atoms with van der Waals surface area (Å²) < 4.78 is 8.18. The summed E-state index contributed by atoms with van der Waals surface area (Å²) in [4.78, 5) is 21.1. The molecule has 32 heavy (non-hydrogen) atoms. The van der Waals surface area contributed by atoms with Crippen LogP contribution in [0.3, 0.4) is 0 Å². The van der Waals surface area contributed by atoms with E-state index in [-0.39, 0.29) is 17.9 Å². The molecular formula is C23H30ClN5O2S. The molecule has 4 rings (SSSR count). The van der Waals surface area contributed by atoms with E-state index in [1.165, 1.54) is 11.3 Å². The first-order valence-corrected chi connectivity index (χ1v) is 12.3. The third-order valence-electron chi connectivity index (χ3n) is 5.93. The number of nitrogens with zero attached hydrogens (tertiary/aromatic N) is 4. The zero-order chi connectivity index (χ0) is 22.8. The van der Waals surface area contributed by atoms with Crippen molar-refractivity contribution in [3.8, 4) is 10.6 Å². The van der Waals surface area contributed by atoms with Crippen LogP contribution in [0, 0.1) is 0 Å². The number of halogens is 1. The van der Waals surface area contributed by atoms with E-state index in [1.807, 2.05) is 22.8 Å². The number of hydrogen-bond acceptors (Lipinski definition) is 6. The van der Waals surface area contributed by atoms with Crippen LogP contribution >= 0.6 is 22.9 Å². The Morgan fingerprint density at radius 1 is 1.28 bits per heavy atom. The molecule has 0 aromatic carbocycles. The van der Waals surface area contributed by atoms with E-state index in [0.29, 0.717) is 28.4 Å². The maximum absolute atomic E-state index is 13.2. The van der Waals surface area contributed by atoms with E-state index < -0.39 is 0 Å². The summed E-state index contributed by atoms with van der Waals surface area (Å²) in [5.74, 6) is 1.62. The topological polar surface area (TPSA) is 76.2 Å². The highest BCUT2D eigenvalue weighted by atomic mass is 35.5. The molecule has 0 aliphatic carbocycles. The van der Waals surface area contributed by atoms with Gasteiger partial charge in [-0.1, -0.05) is 30.6 Å². The number of nitrogens with one attached hydrogen (secondary N) is 1. The van der Waals surface area contributed by atoms with Crippen LogP contribution in [0.4, 0.5) is 0 Å². The number of hydrogen-bond donors (Lipinski definition) is 1. The van der Waals surface area contributed by atoms with Crippen molar-refractivity contribution in [3.63, 3.8) is 0 Å². The number of carbonyl (C=O) groups is 1. The van der Waals surface area contributed by atoms with Gasteiger partial charge in [0.1, 0.15) is 17.2 Å². The predicted octanol–water partition coefficient (Wildman–Crippen LogP) is 5.03. The summed E-state index contributed by atoms with van der Waals surface area (Å²) in [7, 11) is 0. The van der Waals surface area contributed by atoms with Gasteiger partial charge in [0.2, 0.25) is 0 Å². The second-order valence-electron chi connectivity index (χ2n) is 8.91. The minimum atomic E-state index is -0.0823. The number of imidazole rings is 1. The van der Waals surface area contributed by atoms with Crippen molar-refractivity contribution < 1.29 is 9.32 Å². The second kappa shape index (κ2) is 9.77. The molecule has 3 aromatic heterocycles. The highest BCUT2D eigenvalue weighted by Gasteiger charge is 2.25. The predicted molar refractivity (Wildman–Crippen MR) is 127 cm³/mol. The van der Waals surface area contributed by atoms with Crippen LogP contribution in [0.5, 0.6) is 0 Å². The van der Waals surface area contributed by atoms with Gasteiger partial charge in [-0.2, -0.15) is 0 Å². The minimum Gasteiger partial charge on any atom is -0.355 e. The van der Waals surface area contributed by atoms with E-state index in [9.17, 15) is 4.79 Å². The Balaban J connectivity index is 1.50. The van der Waals surface area contributed by atoms with Gasteiger partial charge in [0.25, 0.3) is 5.91 Å². The smallest absolute Gasteiger partial charge is 0.269 e. The number of rotatable bonds is 7. The monoisotopic (exact) mass is 475 g/mol. The Bertz CT molecular complexity index is 1060. The molecule has 1 amide bonds. The summed E-state index contributed by atoms with van der Waals surface area (Å²) >= 11 is 7.49. The third kappa shape index (κ3) is 5.08. The van der Waals surface area contributed by atoms with Crippen molar-refractivity contribution in [1.29, 1.82) is 0 Å². The molecule has 1 saturated heterocycles. The van der Waals surface area contributed by atoms with Crippen LogP contribution < -0.4 is 5.32 Å². The van der Waals surface area contributed by atoms with Crippen LogP contribution in [0.1, 0.15) is 68.5 Å². The molecule has 1 N–H and O–H groups in total. The fourth-order valence-electron chi connectivity index (χ4n) is 4.13. The molecule has 4 heterocycles. The molecule has 0 saturated carbocycles. The molecule has 3 aromatic rings. The van der Waals surface area contributed by atoms with Gasteiger partial charge < -0.3 is 19.3 Å². The lowest BCUT2D eigenvalue weighted by Crippen LogP contribution is -2.46. The first-order valence-electron chi connectivity index (χ1n) is 11.1. The van der Waals surface area contributed by atoms with Crippen LogP contribution in [0.2, 0.25) is 4.34 Å². The standard InChI is InChI=1S/C23H30ClN5O2S/c1-14(2)22-25-12-18(23(30)26-16-7-9-28(10-8-16)15(3)4)29(22)13-17-11-19(31-27-17)20-5-6-21(24)32-20/h5-6,11-12,14-16H,7-10,13H2,1-4H3,(H,26,30). The number of amides is 1. The highest BCUT2D eigenvalue weighted by Crippen LogP contribution is 2.31. The number of likely N-dealkylation sites (tertiary alicyclic amines) is 1. The summed E-state index contributed by atoms with van der Waals surface area (Å²) in [6.07, 6.45) is 3.60. The van der Waals surface area contributed by atoms with Gasteiger partial charge in [0.05, 0.1) is 22.0 Å². The van der Waals surface area contributed by atoms with Gasteiger partial charge in [-0.15, -0.1) is 11.3 Å². The summed E-state index contributed by atoms with van der Waals surface area (Å²) in [5.41, 5.74) is 1.30. The van der Waals surface area contributed by atoms with Gasteiger partial charge in [-0.05, 0) is 38.8 Å². The molecule has 7 nitrogen and oxygen atoms in total. The van der Waals surface area contributed by atoms with E-state index in [1.54, 1.807) is 6.20 Å². The lowest BCUT2D eigenvalue weighted by molar-refractivity contribution is 0.0891. The Morgan fingerprint density at radius 2 is 2.03 bits per heavy atom. The summed E-state index contributed by atoms with van der Waals surface area (Å²) in [6.45, 7) is 11.0. The number of piperidine rings is 1. The van der Waals surface area contributed by atoms with Gasteiger partial charge in [0, 0.05) is 37.2 Å². The van der Waals surface area contributed by atoms with Crippen molar-refractivity contribution in [2.24, 2.45) is 0 Å². The van der Waals surface area contributed by atoms with Crippen molar-refractivity contribution in [3.05, 3.63) is 45.9 Å². The molecule has 1 fully saturated rings. The number of carbonyl (C=O) groups excluding carboxylic acids is 1. The van der Waals surface area contributed by atoms with Crippen molar-refractivity contribution in [2.75, 3.05) is 13.1 Å². The Labute approximate surface area is 197 Å². The van der Waals surface area contributed by atoms with Crippen LogP contribution in [-0.4, -0.2) is 50.7 Å². The molecule has 172 valence electrons. The minimum absolute atomic E-state index is 0.0823. The average molecular weight is 476 g/mol. The van der Waals surface area contributed by atoms with Crippen molar-refractivity contribution in [2.45, 2.75) is 65.1 Å². The Kier molecular flexibility index (Phi) is 7.02. The quantitative estimate of drug-likeness (QED) is 0.518. The normalized spacial score (nSPS) is 15.7. The van der Waals surface area contributed by atoms with E-state index in [0.717, 1.165) is 42.3 Å². The lowest BCUT2D eigenvalue weighted by Gasteiger charge is -2.34.